The molecular formula is C17H20FN5. The van der Waals surface area contributed by atoms with E-state index in [4.69, 9.17) is 0 Å². The largest absolute Gasteiger partial charge is 0.353 e. The monoisotopic (exact) mass is 313 g/mol. The summed E-state index contributed by atoms with van der Waals surface area (Å²) in [5.41, 5.74) is 1.54. The van der Waals surface area contributed by atoms with E-state index >= 15 is 0 Å². The van der Waals surface area contributed by atoms with Crippen LogP contribution < -0.4 is 4.90 Å². The van der Waals surface area contributed by atoms with Crippen molar-refractivity contribution in [2.24, 2.45) is 0 Å². The zero-order chi connectivity index (χ0) is 16.0. The number of aromatic nitrogens is 3. The van der Waals surface area contributed by atoms with E-state index in [2.05, 4.69) is 24.8 Å². The van der Waals surface area contributed by atoms with Crippen molar-refractivity contribution in [2.75, 3.05) is 18.0 Å². The van der Waals surface area contributed by atoms with Gasteiger partial charge in [-0.25, -0.2) is 14.4 Å². The number of fused-ring (bicyclic) bond motifs is 2. The number of pyridine rings is 1. The minimum Gasteiger partial charge on any atom is -0.353 e. The summed E-state index contributed by atoms with van der Waals surface area (Å²) in [4.78, 5) is 17.8. The van der Waals surface area contributed by atoms with Crippen molar-refractivity contribution < 1.29 is 4.39 Å². The number of rotatable bonds is 3. The Morgan fingerprint density at radius 2 is 2.00 bits per heavy atom. The topological polar surface area (TPSA) is 45.2 Å². The number of piperazine rings is 1. The maximum absolute atomic E-state index is 13.8. The van der Waals surface area contributed by atoms with Crippen LogP contribution in [0.4, 0.5) is 10.2 Å². The van der Waals surface area contributed by atoms with E-state index in [0.29, 0.717) is 24.3 Å². The molecule has 3 aliphatic heterocycles. The molecule has 2 unspecified atom stereocenters. The summed E-state index contributed by atoms with van der Waals surface area (Å²) in [6.45, 7) is 6.38. The Morgan fingerprint density at radius 3 is 2.70 bits per heavy atom. The molecule has 3 aliphatic rings. The molecule has 0 spiro atoms. The van der Waals surface area contributed by atoms with Crippen LogP contribution in [-0.2, 0) is 6.54 Å². The van der Waals surface area contributed by atoms with E-state index < -0.39 is 0 Å². The molecule has 2 aromatic heterocycles. The minimum absolute atomic E-state index is 0.212. The lowest BCUT2D eigenvalue weighted by Gasteiger charge is -2.56. The first-order valence-corrected chi connectivity index (χ1v) is 8.02. The standard InChI is InChI=1S/C17H20FN5/c1-11-6-17(21-12(2)20-11)22-8-13-7-14(9-22)23(13)10-16-15(18)4-3-5-19-16/h3-6,13-14H,7-10H2,1-2H3. The van der Waals surface area contributed by atoms with E-state index in [9.17, 15) is 4.39 Å². The van der Waals surface area contributed by atoms with Gasteiger partial charge in [0.2, 0.25) is 0 Å². The fraction of sp³-hybridized carbons (Fsp3) is 0.471. The van der Waals surface area contributed by atoms with Gasteiger partial charge >= 0.3 is 0 Å². The minimum atomic E-state index is -0.212. The van der Waals surface area contributed by atoms with Crippen molar-refractivity contribution in [1.82, 2.24) is 19.9 Å². The van der Waals surface area contributed by atoms with Crippen LogP contribution in [-0.4, -0.2) is 45.0 Å². The maximum Gasteiger partial charge on any atom is 0.146 e. The summed E-state index contributed by atoms with van der Waals surface area (Å²) in [6.07, 6.45) is 2.83. The molecule has 3 fully saturated rings. The van der Waals surface area contributed by atoms with Gasteiger partial charge < -0.3 is 4.90 Å². The number of piperidine rings is 1. The third-order valence-electron chi connectivity index (χ3n) is 4.79. The van der Waals surface area contributed by atoms with Gasteiger partial charge in [0, 0.05) is 49.7 Å². The zero-order valence-corrected chi connectivity index (χ0v) is 13.4. The molecule has 2 atom stereocenters. The molecule has 5 rings (SSSR count). The molecular weight excluding hydrogens is 293 g/mol. The van der Waals surface area contributed by atoms with E-state index in [-0.39, 0.29) is 5.82 Å². The lowest BCUT2D eigenvalue weighted by molar-refractivity contribution is -0.0106. The Hall–Kier alpha value is -2.08. The Kier molecular flexibility index (Phi) is 3.49. The number of halogens is 1. The quantitative estimate of drug-likeness (QED) is 0.868. The van der Waals surface area contributed by atoms with Crippen molar-refractivity contribution in [2.45, 2.75) is 38.9 Å². The van der Waals surface area contributed by atoms with Gasteiger partial charge in [-0.15, -0.1) is 0 Å². The zero-order valence-electron chi connectivity index (χ0n) is 13.4. The number of nitrogens with zero attached hydrogens (tertiary/aromatic N) is 5. The smallest absolute Gasteiger partial charge is 0.146 e. The normalized spacial score (nSPS) is 23.7. The third kappa shape index (κ3) is 2.67. The number of hydrogen-bond donors (Lipinski definition) is 0. The molecule has 0 aromatic carbocycles. The van der Waals surface area contributed by atoms with Gasteiger partial charge in [0.05, 0.1) is 5.69 Å². The first-order chi connectivity index (χ1) is 11.1. The number of hydrogen-bond acceptors (Lipinski definition) is 5. The van der Waals surface area contributed by atoms with E-state index in [1.165, 1.54) is 12.5 Å². The molecule has 3 saturated heterocycles. The average Bonchev–Trinajstić information content (AvgIpc) is 2.53. The second-order valence-corrected chi connectivity index (χ2v) is 6.47. The molecule has 23 heavy (non-hydrogen) atoms. The van der Waals surface area contributed by atoms with Gasteiger partial charge in [0.25, 0.3) is 0 Å². The van der Waals surface area contributed by atoms with Crippen molar-refractivity contribution in [3.63, 3.8) is 0 Å². The summed E-state index contributed by atoms with van der Waals surface area (Å²) < 4.78 is 13.8. The van der Waals surface area contributed by atoms with Crippen LogP contribution in [0.2, 0.25) is 0 Å². The van der Waals surface area contributed by atoms with Gasteiger partial charge in [0.1, 0.15) is 17.5 Å². The summed E-state index contributed by atoms with van der Waals surface area (Å²) in [7, 11) is 0. The van der Waals surface area contributed by atoms with Gasteiger partial charge in [-0.1, -0.05) is 0 Å². The van der Waals surface area contributed by atoms with Gasteiger partial charge in [-0.2, -0.15) is 0 Å². The molecule has 2 bridgehead atoms. The molecule has 0 aliphatic carbocycles. The molecule has 6 heteroatoms. The Balaban J connectivity index is 1.47. The van der Waals surface area contributed by atoms with Crippen LogP contribution in [0.25, 0.3) is 0 Å². The van der Waals surface area contributed by atoms with Gasteiger partial charge in [-0.3, -0.25) is 9.88 Å². The lowest BCUT2D eigenvalue weighted by Crippen LogP contribution is -2.68. The highest BCUT2D eigenvalue weighted by molar-refractivity contribution is 5.42. The van der Waals surface area contributed by atoms with Gasteiger partial charge in [-0.05, 0) is 32.4 Å². The fourth-order valence-electron chi connectivity index (χ4n) is 3.70. The van der Waals surface area contributed by atoms with Crippen molar-refractivity contribution >= 4 is 5.82 Å². The number of anilines is 1. The lowest BCUT2D eigenvalue weighted by atomic mass is 9.87. The SMILES string of the molecule is Cc1cc(N2CC3CC(C2)N3Cc2ncccc2F)nc(C)n1. The molecule has 5 nitrogen and oxygen atoms in total. The third-order valence-corrected chi connectivity index (χ3v) is 4.79. The van der Waals surface area contributed by atoms with E-state index in [1.54, 1.807) is 12.3 Å². The second kappa shape index (κ2) is 5.53. The summed E-state index contributed by atoms with van der Waals surface area (Å²) in [5.74, 6) is 1.61. The molecule has 2 aromatic rings. The van der Waals surface area contributed by atoms with Crippen LogP contribution in [0.1, 0.15) is 23.6 Å². The first-order valence-electron chi connectivity index (χ1n) is 8.02. The van der Waals surface area contributed by atoms with Crippen molar-refractivity contribution in [3.05, 3.63) is 47.4 Å². The number of aryl methyl sites for hydroxylation is 2. The molecule has 0 saturated carbocycles. The molecule has 5 heterocycles. The Bertz CT molecular complexity index is 702. The van der Waals surface area contributed by atoms with Crippen molar-refractivity contribution in [1.29, 1.82) is 0 Å². The van der Waals surface area contributed by atoms with Crippen LogP contribution >= 0.6 is 0 Å². The molecule has 0 N–H and O–H groups in total. The predicted octanol–water partition coefficient (Wildman–Crippen LogP) is 2.09. The summed E-state index contributed by atoms with van der Waals surface area (Å²) in [5, 5.41) is 0. The maximum atomic E-state index is 13.8. The Labute approximate surface area is 135 Å². The highest BCUT2D eigenvalue weighted by Crippen LogP contribution is 2.35. The molecule has 120 valence electrons. The van der Waals surface area contributed by atoms with Crippen LogP contribution in [0.5, 0.6) is 0 Å². The molecule has 0 amide bonds. The Morgan fingerprint density at radius 1 is 1.22 bits per heavy atom. The van der Waals surface area contributed by atoms with Crippen LogP contribution in [0.3, 0.4) is 0 Å². The second-order valence-electron chi connectivity index (χ2n) is 6.47. The summed E-state index contributed by atoms with van der Waals surface area (Å²) >= 11 is 0. The highest BCUT2D eigenvalue weighted by Gasteiger charge is 2.45. The van der Waals surface area contributed by atoms with Gasteiger partial charge in [0.15, 0.2) is 0 Å². The predicted molar refractivity (Wildman–Crippen MR) is 85.7 cm³/mol. The van der Waals surface area contributed by atoms with Crippen LogP contribution in [0, 0.1) is 19.7 Å². The molecule has 0 radical (unpaired) electrons. The summed E-state index contributed by atoms with van der Waals surface area (Å²) in [6, 6.07) is 6.06. The first kappa shape index (κ1) is 14.5. The van der Waals surface area contributed by atoms with Crippen molar-refractivity contribution in [3.8, 4) is 0 Å². The van der Waals surface area contributed by atoms with Crippen LogP contribution in [0.15, 0.2) is 24.4 Å². The van der Waals surface area contributed by atoms with E-state index in [0.717, 1.165) is 30.4 Å². The highest BCUT2D eigenvalue weighted by atomic mass is 19.1. The average molecular weight is 313 g/mol. The fourth-order valence-corrected chi connectivity index (χ4v) is 3.70. The van der Waals surface area contributed by atoms with E-state index in [1.807, 2.05) is 19.9 Å².